The van der Waals surface area contributed by atoms with Crippen molar-refractivity contribution < 1.29 is 22.3 Å². The molecule has 2 aromatic rings. The molecule has 1 unspecified atom stereocenters. The number of hydrogen-bond acceptors (Lipinski definition) is 4. The molecule has 2 aromatic carbocycles. The van der Waals surface area contributed by atoms with Gasteiger partial charge in [0.25, 0.3) is 5.91 Å². The van der Waals surface area contributed by atoms with Crippen molar-refractivity contribution in [2.75, 3.05) is 26.2 Å². The Labute approximate surface area is 176 Å². The van der Waals surface area contributed by atoms with Crippen LogP contribution in [0.1, 0.15) is 35.2 Å². The summed E-state index contributed by atoms with van der Waals surface area (Å²) in [6.45, 7) is 1.64. The van der Waals surface area contributed by atoms with Crippen LogP contribution in [0.3, 0.4) is 0 Å². The molecule has 4 rings (SSSR count). The predicted molar refractivity (Wildman–Crippen MR) is 110 cm³/mol. The van der Waals surface area contributed by atoms with Gasteiger partial charge in [0.2, 0.25) is 10.0 Å². The monoisotopic (exact) mass is 432 g/mol. The van der Waals surface area contributed by atoms with Crippen molar-refractivity contribution in [1.82, 2.24) is 9.62 Å². The van der Waals surface area contributed by atoms with Gasteiger partial charge in [0, 0.05) is 31.1 Å². The van der Waals surface area contributed by atoms with Crippen LogP contribution in [0.25, 0.3) is 0 Å². The Hall–Kier alpha value is -2.45. The molecule has 30 heavy (non-hydrogen) atoms. The first-order valence-corrected chi connectivity index (χ1v) is 11.7. The number of halogens is 1. The summed E-state index contributed by atoms with van der Waals surface area (Å²) in [5, 5.41) is 2.83. The molecule has 0 spiro atoms. The van der Waals surface area contributed by atoms with Crippen LogP contribution in [0.5, 0.6) is 5.75 Å². The highest BCUT2D eigenvalue weighted by Crippen LogP contribution is 2.27. The average molecular weight is 433 g/mol. The number of para-hydroxylation sites is 1. The second-order valence-electron chi connectivity index (χ2n) is 7.81. The van der Waals surface area contributed by atoms with E-state index in [1.54, 1.807) is 0 Å². The molecule has 1 amide bonds. The van der Waals surface area contributed by atoms with E-state index in [2.05, 4.69) is 5.32 Å². The number of amides is 1. The second-order valence-corrected chi connectivity index (χ2v) is 9.72. The standard InChI is InChI=1S/C22H25FN2O4S/c23-19-9-8-18(13-21(19)30(27,28)25-10-4-1-5-11-25)22(26)24-14-16-12-17-6-2-3-7-20(17)29-15-16/h2-3,6-9,13,16H,1,4-5,10-12,14-15H2,(H,24,26). The highest BCUT2D eigenvalue weighted by Gasteiger charge is 2.29. The van der Waals surface area contributed by atoms with Crippen molar-refractivity contribution >= 4 is 15.9 Å². The summed E-state index contributed by atoms with van der Waals surface area (Å²) in [4.78, 5) is 12.2. The lowest BCUT2D eigenvalue weighted by molar-refractivity contribution is 0.0938. The molecule has 1 saturated heterocycles. The molecule has 0 bridgehead atoms. The summed E-state index contributed by atoms with van der Waals surface area (Å²) < 4.78 is 47.1. The molecule has 8 heteroatoms. The third-order valence-corrected chi connectivity index (χ3v) is 7.55. The summed E-state index contributed by atoms with van der Waals surface area (Å²) in [5.74, 6) is -0.287. The Morgan fingerprint density at radius 1 is 1.13 bits per heavy atom. The van der Waals surface area contributed by atoms with Crippen LogP contribution < -0.4 is 10.1 Å². The second kappa shape index (κ2) is 8.73. The summed E-state index contributed by atoms with van der Waals surface area (Å²) in [5.41, 5.74) is 1.23. The van der Waals surface area contributed by atoms with Gasteiger partial charge in [-0.25, -0.2) is 12.8 Å². The van der Waals surface area contributed by atoms with Crippen LogP contribution >= 0.6 is 0 Å². The van der Waals surface area contributed by atoms with Crippen molar-refractivity contribution in [2.45, 2.75) is 30.6 Å². The number of nitrogens with zero attached hydrogens (tertiary/aromatic N) is 1. The fraction of sp³-hybridized carbons (Fsp3) is 0.409. The van der Waals surface area contributed by atoms with Gasteiger partial charge in [-0.05, 0) is 49.1 Å². The molecule has 160 valence electrons. The third kappa shape index (κ3) is 4.34. The molecule has 0 saturated carbocycles. The van der Waals surface area contributed by atoms with Gasteiger partial charge in [-0.3, -0.25) is 4.79 Å². The van der Waals surface area contributed by atoms with E-state index in [9.17, 15) is 17.6 Å². The lowest BCUT2D eigenvalue weighted by Crippen LogP contribution is -2.36. The van der Waals surface area contributed by atoms with E-state index in [0.29, 0.717) is 26.2 Å². The van der Waals surface area contributed by atoms with Crippen LogP contribution in [0.2, 0.25) is 0 Å². The molecule has 2 heterocycles. The normalized spacial score (nSPS) is 19.6. The third-order valence-electron chi connectivity index (χ3n) is 5.63. The maximum Gasteiger partial charge on any atom is 0.251 e. The van der Waals surface area contributed by atoms with Crippen molar-refractivity contribution in [1.29, 1.82) is 0 Å². The van der Waals surface area contributed by atoms with Crippen molar-refractivity contribution in [2.24, 2.45) is 5.92 Å². The number of sulfonamides is 1. The smallest absolute Gasteiger partial charge is 0.251 e. The van der Waals surface area contributed by atoms with Gasteiger partial charge in [0.15, 0.2) is 0 Å². The maximum atomic E-state index is 14.3. The van der Waals surface area contributed by atoms with Gasteiger partial charge in [-0.1, -0.05) is 24.6 Å². The van der Waals surface area contributed by atoms with E-state index in [1.165, 1.54) is 10.4 Å². The summed E-state index contributed by atoms with van der Waals surface area (Å²) in [7, 11) is -3.96. The molecule has 1 N–H and O–H groups in total. The van der Waals surface area contributed by atoms with E-state index in [0.717, 1.165) is 49.1 Å². The van der Waals surface area contributed by atoms with Crippen LogP contribution in [0.15, 0.2) is 47.4 Å². The first-order valence-electron chi connectivity index (χ1n) is 10.2. The lowest BCUT2D eigenvalue weighted by atomic mass is 9.96. The Bertz CT molecular complexity index is 1040. The highest BCUT2D eigenvalue weighted by atomic mass is 32.2. The van der Waals surface area contributed by atoms with Crippen LogP contribution in [-0.4, -0.2) is 44.9 Å². The summed E-state index contributed by atoms with van der Waals surface area (Å²) in [6, 6.07) is 11.3. The Balaban J connectivity index is 1.44. The SMILES string of the molecule is O=C(NCC1COc2ccccc2C1)c1ccc(F)c(S(=O)(=O)N2CCCCC2)c1. The van der Waals surface area contributed by atoms with Gasteiger partial charge in [-0.2, -0.15) is 4.31 Å². The molecule has 2 aliphatic rings. The van der Waals surface area contributed by atoms with E-state index >= 15 is 0 Å². The zero-order valence-electron chi connectivity index (χ0n) is 16.6. The van der Waals surface area contributed by atoms with Crippen molar-refractivity contribution in [3.05, 3.63) is 59.4 Å². The number of carbonyl (C=O) groups is 1. The number of carbonyl (C=O) groups excluding carboxylic acids is 1. The Morgan fingerprint density at radius 2 is 1.90 bits per heavy atom. The number of benzene rings is 2. The minimum absolute atomic E-state index is 0.112. The van der Waals surface area contributed by atoms with E-state index in [1.807, 2.05) is 24.3 Å². The molecule has 1 atom stereocenters. The minimum atomic E-state index is -3.96. The number of ether oxygens (including phenoxy) is 1. The number of nitrogens with one attached hydrogen (secondary N) is 1. The molecule has 1 fully saturated rings. The topological polar surface area (TPSA) is 75.7 Å². The van der Waals surface area contributed by atoms with Gasteiger partial charge in [-0.15, -0.1) is 0 Å². The van der Waals surface area contributed by atoms with E-state index in [-0.39, 0.29) is 11.5 Å². The van der Waals surface area contributed by atoms with Crippen molar-refractivity contribution in [3.63, 3.8) is 0 Å². The number of piperidine rings is 1. The average Bonchev–Trinajstić information content (AvgIpc) is 2.78. The fourth-order valence-electron chi connectivity index (χ4n) is 3.95. The molecular weight excluding hydrogens is 407 g/mol. The van der Waals surface area contributed by atoms with Crippen molar-refractivity contribution in [3.8, 4) is 5.75 Å². The molecule has 6 nitrogen and oxygen atoms in total. The number of hydrogen-bond donors (Lipinski definition) is 1. The maximum absolute atomic E-state index is 14.3. The van der Waals surface area contributed by atoms with Crippen LogP contribution in [0, 0.1) is 11.7 Å². The Morgan fingerprint density at radius 3 is 2.70 bits per heavy atom. The summed E-state index contributed by atoms with van der Waals surface area (Å²) in [6.07, 6.45) is 3.27. The number of fused-ring (bicyclic) bond motifs is 1. The molecular formula is C22H25FN2O4S. The first-order chi connectivity index (χ1) is 14.4. The van der Waals surface area contributed by atoms with E-state index < -0.39 is 26.6 Å². The molecule has 0 radical (unpaired) electrons. The minimum Gasteiger partial charge on any atom is -0.493 e. The Kier molecular flexibility index (Phi) is 6.06. The molecule has 2 aliphatic heterocycles. The molecule has 0 aromatic heterocycles. The summed E-state index contributed by atoms with van der Waals surface area (Å²) >= 11 is 0. The van der Waals surface area contributed by atoms with Crippen LogP contribution in [0.4, 0.5) is 4.39 Å². The van der Waals surface area contributed by atoms with E-state index in [4.69, 9.17) is 4.74 Å². The fourth-order valence-corrected chi connectivity index (χ4v) is 5.56. The first kappa shape index (κ1) is 20.8. The molecule has 0 aliphatic carbocycles. The predicted octanol–water partition coefficient (Wildman–Crippen LogP) is 2.98. The lowest BCUT2D eigenvalue weighted by Gasteiger charge is -2.26. The largest absolute Gasteiger partial charge is 0.493 e. The zero-order chi connectivity index (χ0) is 21.1. The number of rotatable bonds is 5. The quantitative estimate of drug-likeness (QED) is 0.788. The van der Waals surface area contributed by atoms with Gasteiger partial charge in [0.05, 0.1) is 6.61 Å². The van der Waals surface area contributed by atoms with Gasteiger partial charge < -0.3 is 10.1 Å². The van der Waals surface area contributed by atoms with Crippen LogP contribution in [-0.2, 0) is 16.4 Å². The zero-order valence-corrected chi connectivity index (χ0v) is 17.5. The van der Waals surface area contributed by atoms with Gasteiger partial charge in [0.1, 0.15) is 16.5 Å². The highest BCUT2D eigenvalue weighted by molar-refractivity contribution is 7.89. The van der Waals surface area contributed by atoms with Gasteiger partial charge >= 0.3 is 0 Å².